The largest absolute Gasteiger partial charge is 0.497 e. The molecule has 0 spiro atoms. The van der Waals surface area contributed by atoms with Crippen molar-refractivity contribution >= 4 is 33.8 Å². The van der Waals surface area contributed by atoms with Crippen LogP contribution in [-0.2, 0) is 9.53 Å². The molecule has 2 aliphatic rings. The van der Waals surface area contributed by atoms with Gasteiger partial charge in [-0.3, -0.25) is 4.79 Å². The van der Waals surface area contributed by atoms with E-state index in [9.17, 15) is 9.59 Å². The topological polar surface area (TPSA) is 118 Å². The predicted octanol–water partition coefficient (Wildman–Crippen LogP) is 4.70. The second kappa shape index (κ2) is 9.70. The van der Waals surface area contributed by atoms with Crippen molar-refractivity contribution in [1.29, 1.82) is 0 Å². The van der Waals surface area contributed by atoms with Crippen molar-refractivity contribution in [2.24, 2.45) is 0 Å². The Kier molecular flexibility index (Phi) is 6.43. The molecule has 0 saturated carbocycles. The number of carbonyl (C=O) groups excluding carboxylic acids is 2. The maximum atomic E-state index is 13.5. The molecule has 0 saturated heterocycles. The number of rotatable bonds is 7. The molecule has 1 unspecified atom stereocenters. The van der Waals surface area contributed by atoms with Crippen LogP contribution in [-0.4, -0.2) is 39.4 Å². The molecule has 1 atom stereocenters. The highest BCUT2D eigenvalue weighted by atomic mass is 32.1. The van der Waals surface area contributed by atoms with Crippen molar-refractivity contribution in [3.05, 3.63) is 69.2 Å². The molecule has 192 valence electrons. The van der Waals surface area contributed by atoms with Crippen LogP contribution in [0.2, 0.25) is 0 Å². The van der Waals surface area contributed by atoms with E-state index in [-0.39, 0.29) is 19.2 Å². The van der Waals surface area contributed by atoms with Gasteiger partial charge in [0.15, 0.2) is 11.5 Å². The minimum atomic E-state index is -0.632. The molecule has 0 radical (unpaired) electrons. The number of allylic oxidation sites excluding steroid dienone is 1. The van der Waals surface area contributed by atoms with Crippen LogP contribution >= 0.6 is 11.3 Å². The molecule has 3 N–H and O–H groups in total. The van der Waals surface area contributed by atoms with Crippen LogP contribution in [0, 0.1) is 0 Å². The predicted molar refractivity (Wildman–Crippen MR) is 139 cm³/mol. The number of hydrogen-bond acceptors (Lipinski definition) is 10. The maximum Gasteiger partial charge on any atom is 0.336 e. The number of carbonyl (C=O) groups is 2. The van der Waals surface area contributed by atoms with E-state index in [1.54, 1.807) is 57.4 Å². The number of nitrogens with one attached hydrogen (secondary N) is 1. The third kappa shape index (κ3) is 4.13. The van der Waals surface area contributed by atoms with Crippen molar-refractivity contribution in [1.82, 2.24) is 0 Å². The molecule has 10 heteroatoms. The number of anilines is 2. The number of ketones is 1. The third-order valence-electron chi connectivity index (χ3n) is 6.33. The van der Waals surface area contributed by atoms with Crippen LogP contribution in [0.25, 0.3) is 0 Å². The zero-order valence-corrected chi connectivity index (χ0v) is 21.6. The molecular formula is C27H26N2O7S. The number of nitrogen functional groups attached to an aromatic ring is 1. The molecule has 37 heavy (non-hydrogen) atoms. The third-order valence-corrected chi connectivity index (χ3v) is 7.47. The number of thiophene rings is 1. The summed E-state index contributed by atoms with van der Waals surface area (Å²) < 4.78 is 27.4. The zero-order valence-electron chi connectivity index (χ0n) is 20.8. The lowest BCUT2D eigenvalue weighted by atomic mass is 9.81. The Morgan fingerprint density at radius 3 is 2.57 bits per heavy atom. The normalized spacial score (nSPS) is 15.6. The molecule has 2 aliphatic heterocycles. The van der Waals surface area contributed by atoms with Crippen molar-refractivity contribution < 1.29 is 33.3 Å². The van der Waals surface area contributed by atoms with E-state index in [1.165, 1.54) is 18.4 Å². The van der Waals surface area contributed by atoms with Gasteiger partial charge < -0.3 is 34.7 Å². The zero-order chi connectivity index (χ0) is 26.3. The first-order valence-corrected chi connectivity index (χ1v) is 12.4. The van der Waals surface area contributed by atoms with Crippen molar-refractivity contribution in [3.8, 4) is 23.0 Å². The van der Waals surface area contributed by atoms with Gasteiger partial charge in [-0.2, -0.15) is 0 Å². The van der Waals surface area contributed by atoms with Gasteiger partial charge in [0.05, 0.1) is 37.1 Å². The molecule has 0 fully saturated rings. The number of methoxy groups -OCH3 is 2. The van der Waals surface area contributed by atoms with E-state index in [4.69, 9.17) is 29.4 Å². The van der Waals surface area contributed by atoms with Gasteiger partial charge in [0.2, 0.25) is 18.3 Å². The van der Waals surface area contributed by atoms with E-state index in [1.807, 2.05) is 0 Å². The molecule has 1 aromatic heterocycles. The summed E-state index contributed by atoms with van der Waals surface area (Å²) in [5.74, 6) is 0.771. The number of benzene rings is 2. The second-order valence-electron chi connectivity index (χ2n) is 8.42. The molecule has 5 rings (SSSR count). The lowest BCUT2D eigenvalue weighted by Crippen LogP contribution is -2.24. The first-order valence-electron chi connectivity index (χ1n) is 11.6. The summed E-state index contributed by atoms with van der Waals surface area (Å²) >= 11 is 1.25. The SMILES string of the molecule is CCOC(=O)C1=C(C)Nc2sc(C(=O)c3ccc(OC)cc3)c(N)c2C1c1cc(OC)c2c(c1)OCO2. The Morgan fingerprint density at radius 2 is 1.89 bits per heavy atom. The molecule has 0 amide bonds. The standard InChI is InChI=1S/C27H26N2O7S/c1-5-34-27(31)19-13(2)29-26-21(20(19)15-10-17(33-4)24-18(11-15)35-12-36-24)22(28)25(37-26)23(30)14-6-8-16(32-3)9-7-14/h6-11,20,29H,5,12,28H2,1-4H3. The van der Waals surface area contributed by atoms with E-state index < -0.39 is 11.9 Å². The van der Waals surface area contributed by atoms with Gasteiger partial charge in [0.1, 0.15) is 10.6 Å². The minimum Gasteiger partial charge on any atom is -0.497 e. The average molecular weight is 523 g/mol. The fraction of sp³-hybridized carbons (Fsp3) is 0.259. The molecule has 0 bridgehead atoms. The first kappa shape index (κ1) is 24.5. The van der Waals surface area contributed by atoms with Crippen LogP contribution in [0.5, 0.6) is 23.0 Å². The lowest BCUT2D eigenvalue weighted by Gasteiger charge is -2.28. The summed E-state index contributed by atoms with van der Waals surface area (Å²) in [5, 5.41) is 3.96. The van der Waals surface area contributed by atoms with Crippen molar-refractivity contribution in [3.63, 3.8) is 0 Å². The van der Waals surface area contributed by atoms with Crippen molar-refractivity contribution in [2.45, 2.75) is 19.8 Å². The Balaban J connectivity index is 1.67. The number of ether oxygens (including phenoxy) is 5. The average Bonchev–Trinajstić information content (AvgIpc) is 3.51. The number of esters is 1. The summed E-state index contributed by atoms with van der Waals surface area (Å²) in [6.45, 7) is 3.82. The monoisotopic (exact) mass is 522 g/mol. The second-order valence-corrected chi connectivity index (χ2v) is 9.44. The fourth-order valence-corrected chi connectivity index (χ4v) is 5.78. The van der Waals surface area contributed by atoms with Crippen LogP contribution in [0.4, 0.5) is 10.7 Å². The van der Waals surface area contributed by atoms with E-state index in [0.717, 1.165) is 0 Å². The summed E-state index contributed by atoms with van der Waals surface area (Å²) in [7, 11) is 3.10. The quantitative estimate of drug-likeness (QED) is 0.336. The fourth-order valence-electron chi connectivity index (χ4n) is 4.61. The van der Waals surface area contributed by atoms with Crippen LogP contribution in [0.1, 0.15) is 46.1 Å². The summed E-state index contributed by atoms with van der Waals surface area (Å²) in [4.78, 5) is 27.1. The van der Waals surface area contributed by atoms with Crippen molar-refractivity contribution in [2.75, 3.05) is 38.7 Å². The highest BCUT2D eigenvalue weighted by Crippen LogP contribution is 2.53. The Bertz CT molecular complexity index is 1430. The van der Waals surface area contributed by atoms with Gasteiger partial charge in [-0.05, 0) is 55.8 Å². The molecule has 0 aliphatic carbocycles. The number of nitrogens with two attached hydrogens (primary N) is 1. The van der Waals surface area contributed by atoms with E-state index >= 15 is 0 Å². The van der Waals surface area contributed by atoms with E-state index in [0.29, 0.717) is 66.5 Å². The van der Waals surface area contributed by atoms with Crippen LogP contribution in [0.15, 0.2) is 47.7 Å². The molecule has 3 aromatic rings. The van der Waals surface area contributed by atoms with Gasteiger partial charge in [-0.1, -0.05) is 0 Å². The number of hydrogen-bond donors (Lipinski definition) is 2. The Morgan fingerprint density at radius 1 is 1.14 bits per heavy atom. The van der Waals surface area contributed by atoms with Gasteiger partial charge in [-0.15, -0.1) is 11.3 Å². The highest BCUT2D eigenvalue weighted by Gasteiger charge is 2.39. The van der Waals surface area contributed by atoms with Crippen LogP contribution in [0.3, 0.4) is 0 Å². The van der Waals surface area contributed by atoms with Gasteiger partial charge in [0, 0.05) is 22.7 Å². The Hall–Kier alpha value is -4.18. The highest BCUT2D eigenvalue weighted by molar-refractivity contribution is 7.19. The maximum absolute atomic E-state index is 13.5. The van der Waals surface area contributed by atoms with Gasteiger partial charge >= 0.3 is 5.97 Å². The first-order chi connectivity index (χ1) is 17.9. The summed E-state index contributed by atoms with van der Waals surface area (Å²) in [6, 6.07) is 10.4. The van der Waals surface area contributed by atoms with E-state index in [2.05, 4.69) is 5.32 Å². The Labute approximate surface area is 217 Å². The van der Waals surface area contributed by atoms with Gasteiger partial charge in [-0.25, -0.2) is 4.79 Å². The molecule has 9 nitrogen and oxygen atoms in total. The van der Waals surface area contributed by atoms with Gasteiger partial charge in [0.25, 0.3) is 0 Å². The van der Waals surface area contributed by atoms with Crippen LogP contribution < -0.4 is 30.0 Å². The summed E-state index contributed by atoms with van der Waals surface area (Å²) in [5.41, 5.74) is 9.76. The molecule has 3 heterocycles. The smallest absolute Gasteiger partial charge is 0.336 e. The lowest BCUT2D eigenvalue weighted by molar-refractivity contribution is -0.138. The molecular weight excluding hydrogens is 496 g/mol. The molecule has 2 aromatic carbocycles. The summed E-state index contributed by atoms with van der Waals surface area (Å²) in [6.07, 6.45) is 0. The number of fused-ring (bicyclic) bond motifs is 2. The minimum absolute atomic E-state index is 0.0628.